The van der Waals surface area contributed by atoms with Crippen molar-refractivity contribution in [1.82, 2.24) is 5.32 Å². The Morgan fingerprint density at radius 2 is 1.88 bits per heavy atom. The predicted molar refractivity (Wildman–Crippen MR) is 89.2 cm³/mol. The number of hydrogen-bond donors (Lipinski definition) is 1. The zero-order valence-corrected chi connectivity index (χ0v) is 14.1. The first-order valence-electron chi connectivity index (χ1n) is 7.45. The van der Waals surface area contributed by atoms with Gasteiger partial charge in [-0.25, -0.2) is 13.6 Å². The largest absolute Gasteiger partial charge is 0.467 e. The maximum absolute atomic E-state index is 13.6. The Labute approximate surface area is 148 Å². The molecule has 4 nitrogen and oxygen atoms in total. The van der Waals surface area contributed by atoms with Gasteiger partial charge in [0.25, 0.3) is 0 Å². The quantitative estimate of drug-likeness (QED) is 0.798. The molecule has 1 N–H and O–H groups in total. The van der Waals surface area contributed by atoms with Gasteiger partial charge in [0.05, 0.1) is 13.5 Å². The summed E-state index contributed by atoms with van der Waals surface area (Å²) >= 11 is 6.07. The van der Waals surface area contributed by atoms with E-state index in [0.717, 1.165) is 6.07 Å². The van der Waals surface area contributed by atoms with E-state index in [-0.39, 0.29) is 18.4 Å². The Bertz CT molecular complexity index is 783. The van der Waals surface area contributed by atoms with Crippen molar-refractivity contribution >= 4 is 23.5 Å². The molecule has 0 spiro atoms. The van der Waals surface area contributed by atoms with Crippen molar-refractivity contribution in [2.45, 2.75) is 18.9 Å². The van der Waals surface area contributed by atoms with E-state index in [1.807, 2.05) is 0 Å². The minimum atomic E-state index is -0.971. The average Bonchev–Trinajstić information content (AvgIpc) is 2.58. The molecule has 0 saturated carbocycles. The zero-order valence-electron chi connectivity index (χ0n) is 13.4. The van der Waals surface area contributed by atoms with Crippen LogP contribution < -0.4 is 5.32 Å². The molecule has 0 unspecified atom stereocenters. The Kier molecular flexibility index (Phi) is 6.47. The highest BCUT2D eigenvalue weighted by molar-refractivity contribution is 6.31. The maximum atomic E-state index is 13.6. The van der Waals surface area contributed by atoms with E-state index in [2.05, 4.69) is 5.32 Å². The highest BCUT2D eigenvalue weighted by Crippen LogP contribution is 2.17. The lowest BCUT2D eigenvalue weighted by Crippen LogP contribution is -2.43. The van der Waals surface area contributed by atoms with Crippen LogP contribution in [0.25, 0.3) is 0 Å². The van der Waals surface area contributed by atoms with Gasteiger partial charge in [-0.2, -0.15) is 0 Å². The average molecular weight is 368 g/mol. The lowest BCUT2D eigenvalue weighted by Gasteiger charge is -2.17. The van der Waals surface area contributed by atoms with Crippen LogP contribution in [0.3, 0.4) is 0 Å². The van der Waals surface area contributed by atoms with E-state index in [1.165, 1.54) is 13.2 Å². The molecule has 0 radical (unpaired) electrons. The van der Waals surface area contributed by atoms with Crippen molar-refractivity contribution in [2.75, 3.05) is 7.11 Å². The Balaban J connectivity index is 2.09. The maximum Gasteiger partial charge on any atom is 0.328 e. The molecule has 0 aromatic heterocycles. The Morgan fingerprint density at radius 3 is 2.52 bits per heavy atom. The molecule has 0 fully saturated rings. The highest BCUT2D eigenvalue weighted by atomic mass is 35.5. The van der Waals surface area contributed by atoms with E-state index < -0.39 is 29.6 Å². The number of esters is 1. The fourth-order valence-electron chi connectivity index (χ4n) is 2.30. The van der Waals surface area contributed by atoms with Gasteiger partial charge in [0.1, 0.15) is 17.7 Å². The van der Waals surface area contributed by atoms with Crippen molar-refractivity contribution in [1.29, 1.82) is 0 Å². The summed E-state index contributed by atoms with van der Waals surface area (Å²) in [7, 11) is 1.20. The third-order valence-corrected chi connectivity index (χ3v) is 3.94. The number of rotatable bonds is 6. The molecule has 2 aromatic rings. The number of halogens is 3. The van der Waals surface area contributed by atoms with Crippen molar-refractivity contribution in [3.05, 3.63) is 70.2 Å². The molecule has 7 heteroatoms. The molecule has 25 heavy (non-hydrogen) atoms. The number of amides is 1. The standard InChI is InChI=1S/C18H16ClF2NO3/c1-25-18(24)16(8-11-4-2-3-5-14(11)19)22-17(23)9-12-6-7-13(20)10-15(12)21/h2-7,10,16H,8-9H2,1H3,(H,22,23)/t16-/m1/s1. The topological polar surface area (TPSA) is 55.4 Å². The first-order chi connectivity index (χ1) is 11.9. The highest BCUT2D eigenvalue weighted by Gasteiger charge is 2.23. The lowest BCUT2D eigenvalue weighted by atomic mass is 10.0. The summed E-state index contributed by atoms with van der Waals surface area (Å²) in [4.78, 5) is 24.1. The van der Waals surface area contributed by atoms with Gasteiger partial charge in [0.15, 0.2) is 0 Å². The Hall–Kier alpha value is -2.47. The number of ether oxygens (including phenoxy) is 1. The number of hydrogen-bond acceptors (Lipinski definition) is 3. The molecule has 0 aliphatic carbocycles. The molecule has 1 amide bonds. The van der Waals surface area contributed by atoms with E-state index in [4.69, 9.17) is 16.3 Å². The first-order valence-corrected chi connectivity index (χ1v) is 7.83. The monoisotopic (exact) mass is 367 g/mol. The zero-order chi connectivity index (χ0) is 18.4. The van der Waals surface area contributed by atoms with Crippen LogP contribution in [0.1, 0.15) is 11.1 Å². The molecule has 0 saturated heterocycles. The number of benzene rings is 2. The SMILES string of the molecule is COC(=O)[C@@H](Cc1ccccc1Cl)NC(=O)Cc1ccc(F)cc1F. The molecule has 2 aromatic carbocycles. The summed E-state index contributed by atoms with van der Waals surface area (Å²) in [6.07, 6.45) is -0.202. The molecular weight excluding hydrogens is 352 g/mol. The molecule has 0 aliphatic rings. The van der Waals surface area contributed by atoms with Crippen LogP contribution in [-0.4, -0.2) is 25.0 Å². The number of carbonyl (C=O) groups excluding carboxylic acids is 2. The van der Waals surface area contributed by atoms with Gasteiger partial charge < -0.3 is 10.1 Å². The number of methoxy groups -OCH3 is 1. The fourth-order valence-corrected chi connectivity index (χ4v) is 2.52. The van der Waals surface area contributed by atoms with Crippen molar-refractivity contribution in [3.63, 3.8) is 0 Å². The minimum absolute atomic E-state index is 0.0280. The summed E-state index contributed by atoms with van der Waals surface area (Å²) < 4.78 is 31.3. The second-order valence-corrected chi connectivity index (χ2v) is 5.76. The number of carbonyl (C=O) groups is 2. The van der Waals surface area contributed by atoms with Crippen molar-refractivity contribution < 1.29 is 23.1 Å². The second-order valence-electron chi connectivity index (χ2n) is 5.35. The van der Waals surface area contributed by atoms with E-state index in [0.29, 0.717) is 16.7 Å². The van der Waals surface area contributed by atoms with Crippen LogP contribution >= 0.6 is 11.6 Å². The third kappa shape index (κ3) is 5.26. The van der Waals surface area contributed by atoms with Crippen molar-refractivity contribution in [3.8, 4) is 0 Å². The van der Waals surface area contributed by atoms with Crippen LogP contribution in [0.2, 0.25) is 5.02 Å². The van der Waals surface area contributed by atoms with Crippen LogP contribution in [-0.2, 0) is 27.2 Å². The van der Waals surface area contributed by atoms with Gasteiger partial charge in [-0.3, -0.25) is 4.79 Å². The van der Waals surface area contributed by atoms with Crippen LogP contribution in [0, 0.1) is 11.6 Å². The van der Waals surface area contributed by atoms with Crippen LogP contribution in [0.4, 0.5) is 8.78 Å². The van der Waals surface area contributed by atoms with Gasteiger partial charge in [-0.1, -0.05) is 35.9 Å². The Morgan fingerprint density at radius 1 is 1.16 bits per heavy atom. The third-order valence-electron chi connectivity index (χ3n) is 3.57. The summed E-state index contributed by atoms with van der Waals surface area (Å²) in [5, 5.41) is 2.96. The summed E-state index contributed by atoms with van der Waals surface area (Å²) in [6.45, 7) is 0. The first kappa shape index (κ1) is 18.9. The normalized spacial score (nSPS) is 11.7. The molecule has 2 rings (SSSR count). The van der Waals surface area contributed by atoms with E-state index >= 15 is 0 Å². The lowest BCUT2D eigenvalue weighted by molar-refractivity contribution is -0.145. The molecule has 1 atom stereocenters. The molecule has 0 bridgehead atoms. The molecule has 132 valence electrons. The van der Waals surface area contributed by atoms with Crippen molar-refractivity contribution in [2.24, 2.45) is 0 Å². The number of nitrogens with one attached hydrogen (secondary N) is 1. The van der Waals surface area contributed by atoms with E-state index in [1.54, 1.807) is 24.3 Å². The van der Waals surface area contributed by atoms with Gasteiger partial charge in [-0.15, -0.1) is 0 Å². The summed E-state index contributed by atoms with van der Waals surface area (Å²) in [5.41, 5.74) is 0.688. The minimum Gasteiger partial charge on any atom is -0.467 e. The van der Waals surface area contributed by atoms with E-state index in [9.17, 15) is 18.4 Å². The predicted octanol–water partition coefficient (Wildman–Crippen LogP) is 3.06. The molecule has 0 aliphatic heterocycles. The van der Waals surface area contributed by atoms with Gasteiger partial charge >= 0.3 is 5.97 Å². The van der Waals surface area contributed by atoms with Gasteiger partial charge in [0, 0.05) is 17.5 Å². The molecule has 0 heterocycles. The smallest absolute Gasteiger partial charge is 0.328 e. The van der Waals surface area contributed by atoms with Gasteiger partial charge in [0.2, 0.25) is 5.91 Å². The van der Waals surface area contributed by atoms with Crippen LogP contribution in [0.5, 0.6) is 0 Å². The second kappa shape index (κ2) is 8.58. The summed E-state index contributed by atoms with van der Waals surface area (Å²) in [5.74, 6) is -2.79. The molecular formula is C18H16ClF2NO3. The van der Waals surface area contributed by atoms with Crippen LogP contribution in [0.15, 0.2) is 42.5 Å². The fraction of sp³-hybridized carbons (Fsp3) is 0.222. The summed E-state index contributed by atoms with van der Waals surface area (Å²) in [6, 6.07) is 8.87. The van der Waals surface area contributed by atoms with Gasteiger partial charge in [-0.05, 0) is 23.3 Å².